The number of ketones is 1. The highest BCUT2D eigenvalue weighted by Crippen LogP contribution is 2.39. The number of hydrogen-bond acceptors (Lipinski definition) is 5. The molecule has 0 saturated carbocycles. The number of nitrogens with zero attached hydrogens (tertiary/aromatic N) is 2. The number of benzene rings is 2. The van der Waals surface area contributed by atoms with Crippen molar-refractivity contribution in [1.29, 1.82) is 0 Å². The lowest BCUT2D eigenvalue weighted by atomic mass is 9.94. The van der Waals surface area contributed by atoms with Gasteiger partial charge in [0, 0.05) is 18.7 Å². The summed E-state index contributed by atoms with van der Waals surface area (Å²) in [6.07, 6.45) is 0.896. The van der Waals surface area contributed by atoms with Crippen molar-refractivity contribution in [2.45, 2.75) is 40.2 Å². The van der Waals surface area contributed by atoms with E-state index in [1.807, 2.05) is 31.2 Å². The Morgan fingerprint density at radius 3 is 2.27 bits per heavy atom. The summed E-state index contributed by atoms with van der Waals surface area (Å²) in [6, 6.07) is 12.5. The minimum atomic E-state index is -0.648. The molecule has 2 aromatic rings. The van der Waals surface area contributed by atoms with E-state index in [-0.39, 0.29) is 11.3 Å². The molecular weight excluding hydrogens is 416 g/mol. The number of methoxy groups -OCH3 is 1. The van der Waals surface area contributed by atoms with Crippen molar-refractivity contribution in [2.75, 3.05) is 33.3 Å². The molecule has 1 aliphatic heterocycles. The summed E-state index contributed by atoms with van der Waals surface area (Å²) in [5.41, 5.74) is 3.45. The molecule has 6 heteroatoms. The summed E-state index contributed by atoms with van der Waals surface area (Å²) in [5, 5.41) is 11.2. The minimum absolute atomic E-state index is 0.133. The zero-order chi connectivity index (χ0) is 24.1. The average Bonchev–Trinajstić information content (AvgIpc) is 3.09. The lowest BCUT2D eigenvalue weighted by molar-refractivity contribution is -0.140. The van der Waals surface area contributed by atoms with Gasteiger partial charge < -0.3 is 19.6 Å². The Labute approximate surface area is 196 Å². The lowest BCUT2D eigenvalue weighted by Crippen LogP contribution is -2.38. The Morgan fingerprint density at radius 2 is 1.73 bits per heavy atom. The van der Waals surface area contributed by atoms with E-state index in [1.165, 1.54) is 5.56 Å². The minimum Gasteiger partial charge on any atom is -0.507 e. The highest BCUT2D eigenvalue weighted by atomic mass is 16.5. The molecule has 1 aliphatic rings. The van der Waals surface area contributed by atoms with E-state index in [0.29, 0.717) is 24.4 Å². The van der Waals surface area contributed by atoms with Gasteiger partial charge in [0.05, 0.1) is 18.7 Å². The molecule has 0 bridgehead atoms. The Kier molecular flexibility index (Phi) is 7.92. The molecule has 0 unspecified atom stereocenters. The molecule has 0 spiro atoms. The van der Waals surface area contributed by atoms with E-state index in [0.717, 1.165) is 30.6 Å². The van der Waals surface area contributed by atoms with E-state index < -0.39 is 17.7 Å². The van der Waals surface area contributed by atoms with Crippen LogP contribution in [0.3, 0.4) is 0 Å². The van der Waals surface area contributed by atoms with Gasteiger partial charge in [0.25, 0.3) is 11.7 Å². The Morgan fingerprint density at radius 1 is 1.06 bits per heavy atom. The van der Waals surface area contributed by atoms with E-state index in [2.05, 4.69) is 25.7 Å². The van der Waals surface area contributed by atoms with Gasteiger partial charge in [0.2, 0.25) is 0 Å². The quantitative estimate of drug-likeness (QED) is 0.350. The molecular formula is C27H34N2O4. The zero-order valence-corrected chi connectivity index (χ0v) is 20.2. The molecule has 0 aliphatic carbocycles. The maximum Gasteiger partial charge on any atom is 0.295 e. The summed E-state index contributed by atoms with van der Waals surface area (Å²) in [6.45, 7) is 10.9. The number of aliphatic hydroxyl groups is 1. The number of aryl methyl sites for hydroxylation is 2. The van der Waals surface area contributed by atoms with Crippen LogP contribution in [0.15, 0.2) is 48.0 Å². The van der Waals surface area contributed by atoms with Gasteiger partial charge in [-0.05, 0) is 61.3 Å². The van der Waals surface area contributed by atoms with Crippen LogP contribution in [-0.2, 0) is 16.0 Å². The second-order valence-electron chi connectivity index (χ2n) is 8.30. The highest BCUT2D eigenvalue weighted by Gasteiger charge is 2.45. The predicted octanol–water partition coefficient (Wildman–Crippen LogP) is 4.33. The van der Waals surface area contributed by atoms with Crippen LogP contribution in [0.4, 0.5) is 0 Å². The first-order chi connectivity index (χ1) is 15.9. The van der Waals surface area contributed by atoms with Crippen molar-refractivity contribution < 1.29 is 19.4 Å². The molecule has 1 saturated heterocycles. The molecule has 33 heavy (non-hydrogen) atoms. The van der Waals surface area contributed by atoms with Crippen molar-refractivity contribution in [3.8, 4) is 5.75 Å². The van der Waals surface area contributed by atoms with Gasteiger partial charge in [-0.3, -0.25) is 9.59 Å². The molecule has 3 rings (SSSR count). The molecule has 1 N–H and O–H groups in total. The number of hydrogen-bond donors (Lipinski definition) is 1. The fourth-order valence-electron chi connectivity index (χ4n) is 4.36. The molecule has 176 valence electrons. The first-order valence-corrected chi connectivity index (χ1v) is 11.6. The van der Waals surface area contributed by atoms with Crippen LogP contribution in [-0.4, -0.2) is 59.9 Å². The number of rotatable bonds is 9. The molecule has 1 heterocycles. The molecule has 2 aromatic carbocycles. The number of Topliss-reactive ketones (excluding diaryl/α,β-unsaturated/α-hetero) is 1. The third-order valence-corrected chi connectivity index (χ3v) is 6.46. The van der Waals surface area contributed by atoms with Gasteiger partial charge in [-0.15, -0.1) is 0 Å². The van der Waals surface area contributed by atoms with Crippen LogP contribution in [0, 0.1) is 6.92 Å². The van der Waals surface area contributed by atoms with E-state index in [9.17, 15) is 14.7 Å². The monoisotopic (exact) mass is 450 g/mol. The SMILES string of the molecule is CCc1ccc([C@H]2C(=C(O)c3ccc(OC)c(C)c3)C(=O)C(=O)N2CCN(CC)CC)cc1. The summed E-state index contributed by atoms with van der Waals surface area (Å²) in [4.78, 5) is 30.1. The van der Waals surface area contributed by atoms with Crippen LogP contribution >= 0.6 is 0 Å². The average molecular weight is 451 g/mol. The van der Waals surface area contributed by atoms with Crippen LogP contribution in [0.1, 0.15) is 49.1 Å². The largest absolute Gasteiger partial charge is 0.507 e. The maximum atomic E-state index is 13.2. The van der Waals surface area contributed by atoms with Gasteiger partial charge in [0.15, 0.2) is 0 Å². The van der Waals surface area contributed by atoms with Crippen LogP contribution in [0.25, 0.3) is 5.76 Å². The number of carbonyl (C=O) groups is 2. The third-order valence-electron chi connectivity index (χ3n) is 6.46. The van der Waals surface area contributed by atoms with Crippen molar-refractivity contribution >= 4 is 17.4 Å². The summed E-state index contributed by atoms with van der Waals surface area (Å²) in [5.74, 6) is -0.685. The number of amides is 1. The fraction of sp³-hybridized carbons (Fsp3) is 0.407. The van der Waals surface area contributed by atoms with Crippen molar-refractivity contribution in [2.24, 2.45) is 0 Å². The predicted molar refractivity (Wildman–Crippen MR) is 130 cm³/mol. The normalized spacial score (nSPS) is 17.8. The standard InChI is InChI=1S/C27H34N2O4/c1-6-19-9-11-20(12-10-19)24-23(25(30)21-13-14-22(33-5)18(4)17-21)26(31)27(32)29(24)16-15-28(7-2)8-3/h9-14,17,24,30H,6-8,15-16H2,1-5H3/t24-/m0/s1. The Hall–Kier alpha value is -3.12. The molecule has 1 amide bonds. The van der Waals surface area contributed by atoms with Crippen molar-refractivity contribution in [1.82, 2.24) is 9.80 Å². The highest BCUT2D eigenvalue weighted by molar-refractivity contribution is 6.46. The fourth-order valence-corrected chi connectivity index (χ4v) is 4.36. The second kappa shape index (κ2) is 10.7. The summed E-state index contributed by atoms with van der Waals surface area (Å²) < 4.78 is 5.32. The Balaban J connectivity index is 2.10. The van der Waals surface area contributed by atoms with Gasteiger partial charge in [-0.25, -0.2) is 0 Å². The topological polar surface area (TPSA) is 70.1 Å². The second-order valence-corrected chi connectivity index (χ2v) is 8.30. The van der Waals surface area contributed by atoms with Gasteiger partial charge >= 0.3 is 0 Å². The number of carbonyl (C=O) groups excluding carboxylic acids is 2. The molecule has 0 aromatic heterocycles. The zero-order valence-electron chi connectivity index (χ0n) is 20.2. The molecule has 1 atom stereocenters. The molecule has 6 nitrogen and oxygen atoms in total. The maximum absolute atomic E-state index is 13.2. The Bertz CT molecular complexity index is 1040. The number of likely N-dealkylation sites (tertiary alicyclic amines) is 1. The number of ether oxygens (including phenoxy) is 1. The van der Waals surface area contributed by atoms with Crippen molar-refractivity contribution in [3.05, 3.63) is 70.3 Å². The van der Waals surface area contributed by atoms with E-state index in [4.69, 9.17) is 4.74 Å². The number of likely N-dealkylation sites (N-methyl/N-ethyl adjacent to an activating group) is 1. The molecule has 1 fully saturated rings. The number of aliphatic hydroxyl groups excluding tert-OH is 1. The van der Waals surface area contributed by atoms with Gasteiger partial charge in [-0.2, -0.15) is 0 Å². The van der Waals surface area contributed by atoms with E-state index in [1.54, 1.807) is 30.2 Å². The van der Waals surface area contributed by atoms with Crippen LogP contribution < -0.4 is 4.74 Å². The molecule has 0 radical (unpaired) electrons. The first kappa shape index (κ1) is 24.5. The smallest absolute Gasteiger partial charge is 0.295 e. The third kappa shape index (κ3) is 4.96. The van der Waals surface area contributed by atoms with Crippen LogP contribution in [0.2, 0.25) is 0 Å². The summed E-state index contributed by atoms with van der Waals surface area (Å²) >= 11 is 0. The lowest BCUT2D eigenvalue weighted by Gasteiger charge is -2.28. The summed E-state index contributed by atoms with van der Waals surface area (Å²) in [7, 11) is 1.59. The van der Waals surface area contributed by atoms with Crippen LogP contribution in [0.5, 0.6) is 5.75 Å². The van der Waals surface area contributed by atoms with Crippen molar-refractivity contribution in [3.63, 3.8) is 0 Å². The first-order valence-electron chi connectivity index (χ1n) is 11.6. The van der Waals surface area contributed by atoms with Gasteiger partial charge in [-0.1, -0.05) is 45.0 Å². The van der Waals surface area contributed by atoms with E-state index >= 15 is 0 Å². The van der Waals surface area contributed by atoms with Gasteiger partial charge in [0.1, 0.15) is 11.5 Å².